The molecule has 14 heavy (non-hydrogen) atoms. The van der Waals surface area contributed by atoms with E-state index in [2.05, 4.69) is 10.3 Å². The molecule has 4 nitrogen and oxygen atoms in total. The van der Waals surface area contributed by atoms with Crippen LogP contribution < -0.4 is 5.32 Å². The minimum absolute atomic E-state index is 0.184. The van der Waals surface area contributed by atoms with Gasteiger partial charge in [0.1, 0.15) is 11.4 Å². The summed E-state index contributed by atoms with van der Waals surface area (Å²) in [6.45, 7) is 1.98. The van der Waals surface area contributed by atoms with E-state index in [1.54, 1.807) is 14.0 Å². The van der Waals surface area contributed by atoms with Crippen LogP contribution in [0.4, 0.5) is 10.2 Å². The van der Waals surface area contributed by atoms with Crippen LogP contribution in [0.2, 0.25) is 0 Å². The van der Waals surface area contributed by atoms with Crippen LogP contribution in [-0.2, 0) is 4.74 Å². The predicted octanol–water partition coefficient (Wildman–Crippen LogP) is 1.44. The van der Waals surface area contributed by atoms with Crippen LogP contribution in [0, 0.1) is 5.95 Å². The number of rotatable bonds is 3. The molecule has 1 heterocycles. The third-order valence-corrected chi connectivity index (χ3v) is 1.59. The van der Waals surface area contributed by atoms with Crippen LogP contribution in [0.5, 0.6) is 0 Å². The summed E-state index contributed by atoms with van der Waals surface area (Å²) in [5, 5.41) is 2.62. The molecule has 0 amide bonds. The van der Waals surface area contributed by atoms with Gasteiger partial charge in [-0.1, -0.05) is 0 Å². The molecule has 1 N–H and O–H groups in total. The first kappa shape index (κ1) is 10.4. The molecule has 5 heteroatoms. The van der Waals surface area contributed by atoms with E-state index in [4.69, 9.17) is 4.74 Å². The molecule has 0 aliphatic carbocycles. The summed E-state index contributed by atoms with van der Waals surface area (Å²) >= 11 is 0. The highest BCUT2D eigenvalue weighted by molar-refractivity contribution is 5.94. The van der Waals surface area contributed by atoms with Crippen LogP contribution in [-0.4, -0.2) is 24.6 Å². The number of carbonyl (C=O) groups is 1. The number of pyridine rings is 1. The van der Waals surface area contributed by atoms with Crippen LogP contribution >= 0.6 is 0 Å². The van der Waals surface area contributed by atoms with Crippen molar-refractivity contribution < 1.29 is 13.9 Å². The first-order valence-electron chi connectivity index (χ1n) is 4.20. The second kappa shape index (κ2) is 4.55. The Morgan fingerprint density at radius 1 is 1.64 bits per heavy atom. The number of halogens is 1. The van der Waals surface area contributed by atoms with E-state index >= 15 is 0 Å². The lowest BCUT2D eigenvalue weighted by atomic mass is 10.2. The quantitative estimate of drug-likeness (QED) is 0.589. The average Bonchev–Trinajstić information content (AvgIpc) is 2.17. The van der Waals surface area contributed by atoms with Gasteiger partial charge in [0.15, 0.2) is 0 Å². The average molecular weight is 198 g/mol. The molecule has 0 aliphatic heterocycles. The van der Waals surface area contributed by atoms with E-state index in [-0.39, 0.29) is 18.0 Å². The molecule has 0 bridgehead atoms. The number of hydrogen-bond donors (Lipinski definition) is 1. The fraction of sp³-hybridized carbons (Fsp3) is 0.333. The third-order valence-electron chi connectivity index (χ3n) is 1.59. The Morgan fingerprint density at radius 3 is 2.93 bits per heavy atom. The lowest BCUT2D eigenvalue weighted by molar-refractivity contribution is 0.0527. The van der Waals surface area contributed by atoms with Crippen molar-refractivity contribution in [1.82, 2.24) is 4.98 Å². The van der Waals surface area contributed by atoms with E-state index in [0.29, 0.717) is 0 Å². The largest absolute Gasteiger partial charge is 0.462 e. The van der Waals surface area contributed by atoms with Crippen LogP contribution in [0.3, 0.4) is 0 Å². The molecule has 0 unspecified atom stereocenters. The fourth-order valence-corrected chi connectivity index (χ4v) is 0.999. The third kappa shape index (κ3) is 2.18. The van der Waals surface area contributed by atoms with E-state index in [1.807, 2.05) is 0 Å². The van der Waals surface area contributed by atoms with Gasteiger partial charge < -0.3 is 10.1 Å². The van der Waals surface area contributed by atoms with Crippen LogP contribution in [0.1, 0.15) is 17.3 Å². The zero-order valence-corrected chi connectivity index (χ0v) is 8.00. The highest BCUT2D eigenvalue weighted by atomic mass is 19.1. The Hall–Kier alpha value is -1.65. The molecular weight excluding hydrogens is 187 g/mol. The topological polar surface area (TPSA) is 51.2 Å². The molecule has 0 radical (unpaired) electrons. The summed E-state index contributed by atoms with van der Waals surface area (Å²) in [6.07, 6.45) is 0. The Morgan fingerprint density at radius 2 is 2.36 bits per heavy atom. The van der Waals surface area contributed by atoms with Crippen molar-refractivity contribution in [2.45, 2.75) is 6.92 Å². The number of carbonyl (C=O) groups excluding carboxylic acids is 1. The molecule has 0 aliphatic rings. The second-order valence-electron chi connectivity index (χ2n) is 2.50. The minimum Gasteiger partial charge on any atom is -0.462 e. The van der Waals surface area contributed by atoms with Gasteiger partial charge in [-0.15, -0.1) is 0 Å². The maximum atomic E-state index is 12.7. The van der Waals surface area contributed by atoms with Gasteiger partial charge >= 0.3 is 5.97 Å². The Balaban J connectivity index is 3.01. The maximum Gasteiger partial charge on any atom is 0.341 e. The van der Waals surface area contributed by atoms with Gasteiger partial charge in [0.25, 0.3) is 0 Å². The number of ether oxygens (including phenoxy) is 1. The lowest BCUT2D eigenvalue weighted by Crippen LogP contribution is -2.09. The summed E-state index contributed by atoms with van der Waals surface area (Å²) < 4.78 is 17.4. The molecule has 1 aromatic rings. The van der Waals surface area contributed by atoms with E-state index < -0.39 is 11.9 Å². The summed E-state index contributed by atoms with van der Waals surface area (Å²) in [7, 11) is 1.56. The van der Waals surface area contributed by atoms with E-state index in [9.17, 15) is 9.18 Å². The van der Waals surface area contributed by atoms with Gasteiger partial charge in [0.2, 0.25) is 5.95 Å². The molecule has 0 saturated heterocycles. The van der Waals surface area contributed by atoms with Gasteiger partial charge in [-0.3, -0.25) is 0 Å². The molecular formula is C9H11FN2O2. The molecule has 1 rings (SSSR count). The highest BCUT2D eigenvalue weighted by Crippen LogP contribution is 2.13. The Labute approximate surface area is 81.1 Å². The number of hydrogen-bond acceptors (Lipinski definition) is 4. The first-order valence-corrected chi connectivity index (χ1v) is 4.20. The first-order chi connectivity index (χ1) is 6.69. The smallest absolute Gasteiger partial charge is 0.341 e. The van der Waals surface area contributed by atoms with Gasteiger partial charge in [-0.2, -0.15) is 4.39 Å². The predicted molar refractivity (Wildman–Crippen MR) is 49.7 cm³/mol. The second-order valence-corrected chi connectivity index (χ2v) is 2.50. The van der Waals surface area contributed by atoms with Crippen molar-refractivity contribution in [3.05, 3.63) is 23.6 Å². The SMILES string of the molecule is CCOC(=O)c1ccc(F)nc1NC. The van der Waals surface area contributed by atoms with Gasteiger partial charge in [-0.05, 0) is 19.1 Å². The Kier molecular flexibility index (Phi) is 3.39. The summed E-state index contributed by atoms with van der Waals surface area (Å²) in [5.74, 6) is -0.963. The minimum atomic E-state index is -0.637. The van der Waals surface area contributed by atoms with Crippen molar-refractivity contribution in [3.63, 3.8) is 0 Å². The number of nitrogens with zero attached hydrogens (tertiary/aromatic N) is 1. The van der Waals surface area contributed by atoms with E-state index in [1.165, 1.54) is 6.07 Å². The molecule has 0 saturated carbocycles. The van der Waals surface area contributed by atoms with Crippen molar-refractivity contribution in [3.8, 4) is 0 Å². The fourth-order valence-electron chi connectivity index (χ4n) is 0.999. The standard InChI is InChI=1S/C9H11FN2O2/c1-3-14-9(13)6-4-5-7(10)12-8(6)11-2/h4-5H,3H2,1-2H3,(H,11,12). The molecule has 76 valence electrons. The highest BCUT2D eigenvalue weighted by Gasteiger charge is 2.13. The molecule has 0 spiro atoms. The van der Waals surface area contributed by atoms with E-state index in [0.717, 1.165) is 6.07 Å². The number of nitrogens with one attached hydrogen (secondary N) is 1. The number of esters is 1. The van der Waals surface area contributed by atoms with Crippen LogP contribution in [0.25, 0.3) is 0 Å². The van der Waals surface area contributed by atoms with Gasteiger partial charge in [-0.25, -0.2) is 9.78 Å². The normalized spacial score (nSPS) is 9.64. The van der Waals surface area contributed by atoms with Crippen molar-refractivity contribution in [1.29, 1.82) is 0 Å². The van der Waals surface area contributed by atoms with Gasteiger partial charge in [0.05, 0.1) is 6.61 Å². The summed E-state index contributed by atoms with van der Waals surface area (Å²) in [5.41, 5.74) is 0.232. The lowest BCUT2D eigenvalue weighted by Gasteiger charge is -2.06. The van der Waals surface area contributed by atoms with Crippen molar-refractivity contribution >= 4 is 11.8 Å². The maximum absolute atomic E-state index is 12.7. The summed E-state index contributed by atoms with van der Waals surface area (Å²) in [4.78, 5) is 14.8. The van der Waals surface area contributed by atoms with Gasteiger partial charge in [0, 0.05) is 7.05 Å². The number of anilines is 1. The molecule has 0 atom stereocenters. The van der Waals surface area contributed by atoms with Crippen molar-refractivity contribution in [2.24, 2.45) is 0 Å². The van der Waals surface area contributed by atoms with Crippen LogP contribution in [0.15, 0.2) is 12.1 Å². The van der Waals surface area contributed by atoms with Crippen molar-refractivity contribution in [2.75, 3.05) is 19.0 Å². The number of aromatic nitrogens is 1. The zero-order chi connectivity index (χ0) is 10.6. The monoisotopic (exact) mass is 198 g/mol. The molecule has 0 aromatic carbocycles. The zero-order valence-electron chi connectivity index (χ0n) is 8.00. The molecule has 0 fully saturated rings. The Bertz CT molecular complexity index is 342. The molecule has 1 aromatic heterocycles. The summed E-state index contributed by atoms with van der Waals surface area (Å²) in [6, 6.07) is 2.46.